The molecule has 2 aromatic rings. The lowest BCUT2D eigenvalue weighted by Crippen LogP contribution is -2.12. The maximum Gasteiger partial charge on any atom is 0.349 e. The molecule has 0 amide bonds. The summed E-state index contributed by atoms with van der Waals surface area (Å²) >= 11 is 12.4. The predicted molar refractivity (Wildman–Crippen MR) is 100 cm³/mol. The van der Waals surface area contributed by atoms with Gasteiger partial charge in [-0.15, -0.1) is 0 Å². The van der Waals surface area contributed by atoms with Gasteiger partial charge in [0.1, 0.15) is 11.6 Å². The van der Waals surface area contributed by atoms with Crippen LogP contribution in [0.5, 0.6) is 0 Å². The summed E-state index contributed by atoms with van der Waals surface area (Å²) in [4.78, 5) is 12.0. The molecule has 130 valence electrons. The van der Waals surface area contributed by atoms with Crippen molar-refractivity contribution in [2.24, 2.45) is 0 Å². The van der Waals surface area contributed by atoms with Crippen LogP contribution in [0, 0.1) is 25.2 Å². The van der Waals surface area contributed by atoms with Crippen LogP contribution in [-0.2, 0) is 9.53 Å². The molecule has 0 atom stereocenters. The largest absolute Gasteiger partial charge is 0.459 e. The van der Waals surface area contributed by atoms with E-state index in [0.717, 1.165) is 22.6 Å². The van der Waals surface area contributed by atoms with E-state index < -0.39 is 5.97 Å². The van der Waals surface area contributed by atoms with Crippen LogP contribution in [0.25, 0.3) is 11.8 Å². The molecular formula is C19H18Cl2N2O2. The molecule has 0 aliphatic rings. The molecular weight excluding hydrogens is 359 g/mol. The lowest BCUT2D eigenvalue weighted by Gasteiger charge is -2.12. The van der Waals surface area contributed by atoms with Gasteiger partial charge < -0.3 is 9.30 Å². The van der Waals surface area contributed by atoms with Crippen LogP contribution < -0.4 is 0 Å². The van der Waals surface area contributed by atoms with Crippen LogP contribution in [0.1, 0.15) is 30.8 Å². The highest BCUT2D eigenvalue weighted by Crippen LogP contribution is 2.29. The summed E-state index contributed by atoms with van der Waals surface area (Å²) in [5.41, 5.74) is 3.18. The van der Waals surface area contributed by atoms with Crippen molar-refractivity contribution in [3.63, 3.8) is 0 Å². The zero-order chi connectivity index (χ0) is 18.7. The van der Waals surface area contributed by atoms with Gasteiger partial charge in [0.2, 0.25) is 0 Å². The highest BCUT2D eigenvalue weighted by Gasteiger charge is 2.16. The number of carbonyl (C=O) groups excluding carboxylic acids is 1. The van der Waals surface area contributed by atoms with Crippen molar-refractivity contribution in [1.82, 2.24) is 4.57 Å². The lowest BCUT2D eigenvalue weighted by molar-refractivity contribution is -0.142. The Balaban J connectivity index is 2.53. The molecule has 0 radical (unpaired) electrons. The van der Waals surface area contributed by atoms with Gasteiger partial charge >= 0.3 is 5.97 Å². The van der Waals surface area contributed by atoms with Crippen molar-refractivity contribution < 1.29 is 9.53 Å². The summed E-state index contributed by atoms with van der Waals surface area (Å²) in [5.74, 6) is -0.636. The minimum Gasteiger partial charge on any atom is -0.459 e. The Kier molecular flexibility index (Phi) is 5.94. The molecule has 6 heteroatoms. The van der Waals surface area contributed by atoms with Crippen LogP contribution in [0.4, 0.5) is 0 Å². The molecule has 0 aliphatic carbocycles. The predicted octanol–water partition coefficient (Wildman–Crippen LogP) is 5.26. The summed E-state index contributed by atoms with van der Waals surface area (Å²) in [5, 5.41) is 10.4. The molecule has 0 bridgehead atoms. The van der Waals surface area contributed by atoms with E-state index in [-0.39, 0.29) is 11.7 Å². The smallest absolute Gasteiger partial charge is 0.349 e. The van der Waals surface area contributed by atoms with Gasteiger partial charge in [0, 0.05) is 16.4 Å². The summed E-state index contributed by atoms with van der Waals surface area (Å²) in [7, 11) is 0. The third kappa shape index (κ3) is 4.25. The fraction of sp³-hybridized carbons (Fsp3) is 0.263. The van der Waals surface area contributed by atoms with E-state index in [1.165, 1.54) is 6.08 Å². The first kappa shape index (κ1) is 19.1. The standard InChI is InChI=1S/C19H18Cl2N2O2/c1-11(2)25-19(24)15(10-22)8-14-7-12(3)23(13(14)4)18-9-16(20)5-6-17(18)21/h5-9,11H,1-4H3/b15-8-. The highest BCUT2D eigenvalue weighted by molar-refractivity contribution is 6.34. The van der Waals surface area contributed by atoms with Crippen LogP contribution >= 0.6 is 23.2 Å². The van der Waals surface area contributed by atoms with Crippen LogP contribution in [-0.4, -0.2) is 16.6 Å². The number of hydrogen-bond acceptors (Lipinski definition) is 3. The zero-order valence-electron chi connectivity index (χ0n) is 14.4. The second-order valence-corrected chi connectivity index (χ2v) is 6.73. The molecule has 1 heterocycles. The third-order valence-electron chi connectivity index (χ3n) is 3.60. The minimum atomic E-state index is -0.636. The number of nitriles is 1. The molecule has 0 saturated heterocycles. The summed E-state index contributed by atoms with van der Waals surface area (Å²) in [6.07, 6.45) is 1.24. The van der Waals surface area contributed by atoms with Crippen molar-refractivity contribution in [1.29, 1.82) is 5.26 Å². The normalized spacial score (nSPS) is 11.5. The molecule has 0 aliphatic heterocycles. The first-order chi connectivity index (χ1) is 11.7. The fourth-order valence-corrected chi connectivity index (χ4v) is 2.90. The molecule has 0 fully saturated rings. The second kappa shape index (κ2) is 7.77. The zero-order valence-corrected chi connectivity index (χ0v) is 15.9. The van der Waals surface area contributed by atoms with Gasteiger partial charge in [-0.1, -0.05) is 23.2 Å². The quantitative estimate of drug-likeness (QED) is 0.415. The minimum absolute atomic E-state index is 0.0499. The van der Waals surface area contributed by atoms with Gasteiger partial charge in [0.05, 0.1) is 16.8 Å². The van der Waals surface area contributed by atoms with E-state index in [0.29, 0.717) is 10.0 Å². The molecule has 1 aromatic carbocycles. The number of benzene rings is 1. The van der Waals surface area contributed by atoms with Gasteiger partial charge in [-0.3, -0.25) is 0 Å². The Labute approximate surface area is 157 Å². The summed E-state index contributed by atoms with van der Waals surface area (Å²) < 4.78 is 7.03. The van der Waals surface area contributed by atoms with Crippen molar-refractivity contribution >= 4 is 35.2 Å². The second-order valence-electron chi connectivity index (χ2n) is 5.88. The summed E-state index contributed by atoms with van der Waals surface area (Å²) in [6.45, 7) is 7.28. The lowest BCUT2D eigenvalue weighted by atomic mass is 10.1. The van der Waals surface area contributed by atoms with Gasteiger partial charge in [0.25, 0.3) is 0 Å². The van der Waals surface area contributed by atoms with E-state index >= 15 is 0 Å². The maximum absolute atomic E-state index is 12.0. The number of aromatic nitrogens is 1. The van der Waals surface area contributed by atoms with E-state index in [1.54, 1.807) is 32.0 Å². The average Bonchev–Trinajstić information content (AvgIpc) is 2.80. The van der Waals surface area contributed by atoms with E-state index in [1.807, 2.05) is 30.6 Å². The molecule has 1 aromatic heterocycles. The number of esters is 1. The monoisotopic (exact) mass is 376 g/mol. The summed E-state index contributed by atoms with van der Waals surface area (Å²) in [6, 6.07) is 9.01. The van der Waals surface area contributed by atoms with Crippen LogP contribution in [0.3, 0.4) is 0 Å². The number of hydrogen-bond donors (Lipinski definition) is 0. The Morgan fingerprint density at radius 2 is 1.96 bits per heavy atom. The number of rotatable bonds is 4. The molecule has 25 heavy (non-hydrogen) atoms. The molecule has 0 unspecified atom stereocenters. The Hall–Kier alpha value is -2.22. The Morgan fingerprint density at radius 1 is 1.28 bits per heavy atom. The van der Waals surface area contributed by atoms with Gasteiger partial charge in [-0.2, -0.15) is 5.26 Å². The van der Waals surface area contributed by atoms with Crippen LogP contribution in [0.2, 0.25) is 10.0 Å². The van der Waals surface area contributed by atoms with E-state index in [4.69, 9.17) is 27.9 Å². The number of halogens is 2. The molecule has 0 N–H and O–H groups in total. The molecule has 0 spiro atoms. The number of nitrogens with zero attached hydrogens (tertiary/aromatic N) is 2. The van der Waals surface area contributed by atoms with Gasteiger partial charge in [-0.25, -0.2) is 4.79 Å². The number of aryl methyl sites for hydroxylation is 1. The maximum atomic E-state index is 12.0. The first-order valence-corrected chi connectivity index (χ1v) is 8.47. The van der Waals surface area contributed by atoms with Crippen molar-refractivity contribution in [3.8, 4) is 11.8 Å². The van der Waals surface area contributed by atoms with Crippen molar-refractivity contribution in [3.05, 3.63) is 56.8 Å². The molecule has 0 saturated carbocycles. The van der Waals surface area contributed by atoms with Crippen LogP contribution in [0.15, 0.2) is 29.8 Å². The highest BCUT2D eigenvalue weighted by atomic mass is 35.5. The fourth-order valence-electron chi connectivity index (χ4n) is 2.53. The topological polar surface area (TPSA) is 55.0 Å². The van der Waals surface area contributed by atoms with E-state index in [9.17, 15) is 10.1 Å². The SMILES string of the molecule is Cc1cc(/C=C(/C#N)C(=O)OC(C)C)c(C)n1-c1cc(Cl)ccc1Cl. The number of ether oxygens (including phenoxy) is 1. The molecule has 4 nitrogen and oxygen atoms in total. The Morgan fingerprint density at radius 3 is 2.56 bits per heavy atom. The third-order valence-corrected chi connectivity index (χ3v) is 4.16. The number of carbonyl (C=O) groups is 1. The van der Waals surface area contributed by atoms with Crippen molar-refractivity contribution in [2.45, 2.75) is 33.8 Å². The van der Waals surface area contributed by atoms with Gasteiger partial charge in [0.15, 0.2) is 0 Å². The van der Waals surface area contributed by atoms with Gasteiger partial charge in [-0.05, 0) is 63.6 Å². The first-order valence-electron chi connectivity index (χ1n) is 7.71. The average molecular weight is 377 g/mol. The molecule has 2 rings (SSSR count). The van der Waals surface area contributed by atoms with E-state index in [2.05, 4.69) is 0 Å². The van der Waals surface area contributed by atoms with Crippen molar-refractivity contribution in [2.75, 3.05) is 0 Å². The Bertz CT molecular complexity index is 890.